The number of hydrogen-bond acceptors (Lipinski definition) is 6. The van der Waals surface area contributed by atoms with Crippen LogP contribution in [-0.4, -0.2) is 21.1 Å². The third kappa shape index (κ3) is 2.19. The minimum Gasteiger partial charge on any atom is -0.408 e. The van der Waals surface area contributed by atoms with Gasteiger partial charge in [-0.25, -0.2) is 9.37 Å². The molecule has 3 N–H and O–H groups in total. The lowest BCUT2D eigenvalue weighted by molar-refractivity contribution is 0.102. The van der Waals surface area contributed by atoms with Crippen LogP contribution in [0.25, 0.3) is 0 Å². The molecule has 2 heterocycles. The van der Waals surface area contributed by atoms with E-state index in [0.717, 1.165) is 0 Å². The molecule has 88 valence electrons. The van der Waals surface area contributed by atoms with Gasteiger partial charge in [0.1, 0.15) is 0 Å². The van der Waals surface area contributed by atoms with Crippen molar-refractivity contribution >= 4 is 17.7 Å². The molecular weight excluding hydrogens is 229 g/mol. The zero-order valence-corrected chi connectivity index (χ0v) is 8.77. The number of aryl methyl sites for hydroxylation is 1. The summed E-state index contributed by atoms with van der Waals surface area (Å²) < 4.78 is 18.4. The fourth-order valence-electron chi connectivity index (χ4n) is 1.15. The third-order valence-electron chi connectivity index (χ3n) is 1.91. The fourth-order valence-corrected chi connectivity index (χ4v) is 1.15. The Bertz CT molecular complexity index is 568. The first-order valence-corrected chi connectivity index (χ1v) is 4.59. The zero-order valence-electron chi connectivity index (χ0n) is 8.77. The Balaban J connectivity index is 2.23. The highest BCUT2D eigenvalue weighted by molar-refractivity contribution is 6.03. The molecule has 0 saturated heterocycles. The van der Waals surface area contributed by atoms with Crippen LogP contribution >= 0.6 is 0 Å². The van der Waals surface area contributed by atoms with Crippen LogP contribution in [0, 0.1) is 12.7 Å². The lowest BCUT2D eigenvalue weighted by Crippen LogP contribution is -2.15. The van der Waals surface area contributed by atoms with Crippen molar-refractivity contribution in [2.45, 2.75) is 6.92 Å². The second-order valence-electron chi connectivity index (χ2n) is 3.14. The van der Waals surface area contributed by atoms with E-state index in [1.54, 1.807) is 6.92 Å². The van der Waals surface area contributed by atoms with E-state index in [-0.39, 0.29) is 23.3 Å². The van der Waals surface area contributed by atoms with Gasteiger partial charge in [0, 0.05) is 13.1 Å². The number of pyridine rings is 1. The highest BCUT2D eigenvalue weighted by atomic mass is 19.1. The number of nitrogens with zero attached hydrogens (tertiary/aromatic N) is 3. The predicted molar refractivity (Wildman–Crippen MR) is 55.6 cm³/mol. The molecule has 0 aliphatic heterocycles. The van der Waals surface area contributed by atoms with Crippen LogP contribution in [0.5, 0.6) is 0 Å². The third-order valence-corrected chi connectivity index (χ3v) is 1.91. The van der Waals surface area contributed by atoms with Gasteiger partial charge in [0.15, 0.2) is 11.6 Å². The summed E-state index contributed by atoms with van der Waals surface area (Å²) in [5.41, 5.74) is 5.00. The first-order valence-electron chi connectivity index (χ1n) is 4.59. The van der Waals surface area contributed by atoms with Crippen LogP contribution in [0.3, 0.4) is 0 Å². The van der Waals surface area contributed by atoms with Crippen molar-refractivity contribution in [1.29, 1.82) is 0 Å². The Labute approximate surface area is 94.9 Å². The molecule has 2 aromatic rings. The summed E-state index contributed by atoms with van der Waals surface area (Å²) in [6, 6.07) is 1.09. The maximum atomic E-state index is 13.4. The second kappa shape index (κ2) is 4.16. The number of carbonyl (C=O) groups is 1. The molecule has 2 aromatic heterocycles. The van der Waals surface area contributed by atoms with Crippen molar-refractivity contribution < 1.29 is 13.6 Å². The molecule has 2 rings (SSSR count). The average Bonchev–Trinajstić information content (AvgIpc) is 2.68. The largest absolute Gasteiger partial charge is 0.408 e. The number of rotatable bonds is 2. The van der Waals surface area contributed by atoms with E-state index >= 15 is 0 Å². The maximum absolute atomic E-state index is 13.4. The smallest absolute Gasteiger partial charge is 0.322 e. The van der Waals surface area contributed by atoms with Crippen molar-refractivity contribution in [3.63, 3.8) is 0 Å². The van der Waals surface area contributed by atoms with Crippen molar-refractivity contribution in [3.05, 3.63) is 29.5 Å². The fraction of sp³-hybridized carbons (Fsp3) is 0.111. The number of nitrogen functional groups attached to an aromatic ring is 1. The lowest BCUT2D eigenvalue weighted by atomic mass is 10.2. The molecule has 0 unspecified atom stereocenters. The predicted octanol–water partition coefficient (Wildman–Crippen LogP) is 0.747. The van der Waals surface area contributed by atoms with Crippen LogP contribution in [-0.2, 0) is 0 Å². The molecule has 1 amide bonds. The number of hydrogen-bond donors (Lipinski definition) is 2. The van der Waals surface area contributed by atoms with Gasteiger partial charge in [-0.3, -0.25) is 10.1 Å². The standard InChI is InChI=1S/C9H8FN5O2/c1-4-14-15-9(17-4)13-8(16)5-2-3-12-7(11)6(5)10/h2-3H,1H3,(H2,11,12)(H,13,15,16). The van der Waals surface area contributed by atoms with Crippen molar-refractivity contribution in [2.24, 2.45) is 0 Å². The lowest BCUT2D eigenvalue weighted by Gasteiger charge is -2.02. The summed E-state index contributed by atoms with van der Waals surface area (Å²) in [6.45, 7) is 1.56. The number of amides is 1. The zero-order chi connectivity index (χ0) is 12.4. The van der Waals surface area contributed by atoms with Crippen LogP contribution < -0.4 is 11.1 Å². The van der Waals surface area contributed by atoms with Crippen molar-refractivity contribution in [1.82, 2.24) is 15.2 Å². The van der Waals surface area contributed by atoms with Gasteiger partial charge in [-0.05, 0) is 6.07 Å². The highest BCUT2D eigenvalue weighted by Crippen LogP contribution is 2.13. The van der Waals surface area contributed by atoms with E-state index in [9.17, 15) is 9.18 Å². The molecule has 0 spiro atoms. The molecule has 0 saturated carbocycles. The highest BCUT2D eigenvalue weighted by Gasteiger charge is 2.16. The van der Waals surface area contributed by atoms with Gasteiger partial charge in [0.05, 0.1) is 5.56 Å². The van der Waals surface area contributed by atoms with Crippen LogP contribution in [0.1, 0.15) is 16.2 Å². The summed E-state index contributed by atoms with van der Waals surface area (Å²) in [6.07, 6.45) is 1.23. The second-order valence-corrected chi connectivity index (χ2v) is 3.14. The molecule has 17 heavy (non-hydrogen) atoms. The number of nitrogens with two attached hydrogens (primary N) is 1. The monoisotopic (exact) mass is 237 g/mol. The Hall–Kier alpha value is -2.51. The number of nitrogens with one attached hydrogen (secondary N) is 1. The van der Waals surface area contributed by atoms with Gasteiger partial charge >= 0.3 is 6.01 Å². The molecule has 0 aromatic carbocycles. The summed E-state index contributed by atoms with van der Waals surface area (Å²) in [5, 5.41) is 9.30. The van der Waals surface area contributed by atoms with Gasteiger partial charge in [-0.1, -0.05) is 5.10 Å². The Morgan fingerprint density at radius 1 is 1.53 bits per heavy atom. The molecule has 0 bridgehead atoms. The minimum absolute atomic E-state index is 0.109. The first-order chi connectivity index (χ1) is 8.08. The number of carbonyl (C=O) groups excluding carboxylic acids is 1. The SMILES string of the molecule is Cc1nnc(NC(=O)c2ccnc(N)c2F)o1. The summed E-state index contributed by atoms with van der Waals surface area (Å²) in [5.74, 6) is -1.68. The normalized spacial score (nSPS) is 10.2. The quantitative estimate of drug-likeness (QED) is 0.797. The average molecular weight is 237 g/mol. The summed E-state index contributed by atoms with van der Waals surface area (Å²) in [4.78, 5) is 15.1. The van der Waals surface area contributed by atoms with E-state index in [1.165, 1.54) is 12.3 Å². The minimum atomic E-state index is -0.888. The molecule has 0 fully saturated rings. The van der Waals surface area contributed by atoms with Crippen molar-refractivity contribution in [2.75, 3.05) is 11.1 Å². The van der Waals surface area contributed by atoms with E-state index in [0.29, 0.717) is 0 Å². The van der Waals surface area contributed by atoms with Gasteiger partial charge in [-0.15, -0.1) is 5.10 Å². The Kier molecular flexibility index (Phi) is 2.69. The van der Waals surface area contributed by atoms with Crippen LogP contribution in [0.4, 0.5) is 16.2 Å². The Morgan fingerprint density at radius 2 is 2.29 bits per heavy atom. The number of anilines is 2. The molecule has 0 aliphatic carbocycles. The van der Waals surface area contributed by atoms with E-state index < -0.39 is 11.7 Å². The Morgan fingerprint density at radius 3 is 2.94 bits per heavy atom. The van der Waals surface area contributed by atoms with E-state index in [2.05, 4.69) is 20.5 Å². The molecule has 7 nitrogen and oxygen atoms in total. The molecule has 0 radical (unpaired) electrons. The van der Waals surface area contributed by atoms with E-state index in [1.807, 2.05) is 0 Å². The first kappa shape index (κ1) is 11.0. The summed E-state index contributed by atoms with van der Waals surface area (Å²) in [7, 11) is 0. The van der Waals surface area contributed by atoms with Gasteiger partial charge in [-0.2, -0.15) is 0 Å². The van der Waals surface area contributed by atoms with E-state index in [4.69, 9.17) is 10.2 Å². The summed E-state index contributed by atoms with van der Waals surface area (Å²) >= 11 is 0. The number of halogens is 1. The molecular formula is C9H8FN5O2. The molecule has 0 atom stereocenters. The number of aromatic nitrogens is 3. The van der Waals surface area contributed by atoms with Crippen LogP contribution in [0.15, 0.2) is 16.7 Å². The van der Waals surface area contributed by atoms with Crippen LogP contribution in [0.2, 0.25) is 0 Å². The van der Waals surface area contributed by atoms with Gasteiger partial charge in [0.25, 0.3) is 5.91 Å². The van der Waals surface area contributed by atoms with Gasteiger partial charge < -0.3 is 10.2 Å². The molecule has 0 aliphatic rings. The van der Waals surface area contributed by atoms with Gasteiger partial charge in [0.2, 0.25) is 5.89 Å². The maximum Gasteiger partial charge on any atom is 0.322 e. The topological polar surface area (TPSA) is 107 Å². The van der Waals surface area contributed by atoms with Crippen molar-refractivity contribution in [3.8, 4) is 0 Å². The molecule has 8 heteroatoms.